The standard InChI is InChI=1S/C21H20BrNO5/c1-13(2)11-26-21(25)17(23-20(24)15-4-3-5-16(22)10-15)8-14-6-7-18-19(9-14)28-12-27-18/h3-10,13H,11-12H2,1-2H3,(H,23,24). The van der Waals surface area contributed by atoms with E-state index in [0.717, 1.165) is 4.47 Å². The first-order valence-electron chi connectivity index (χ1n) is 8.78. The van der Waals surface area contributed by atoms with Crippen LogP contribution in [0.25, 0.3) is 6.08 Å². The van der Waals surface area contributed by atoms with Gasteiger partial charge in [-0.2, -0.15) is 0 Å². The van der Waals surface area contributed by atoms with Crippen LogP contribution in [0.15, 0.2) is 52.6 Å². The average molecular weight is 446 g/mol. The van der Waals surface area contributed by atoms with Crippen LogP contribution in [0.1, 0.15) is 29.8 Å². The molecule has 0 radical (unpaired) electrons. The van der Waals surface area contributed by atoms with Gasteiger partial charge in [0.25, 0.3) is 5.91 Å². The molecule has 0 unspecified atom stereocenters. The van der Waals surface area contributed by atoms with Crippen LogP contribution in [0.4, 0.5) is 0 Å². The van der Waals surface area contributed by atoms with Gasteiger partial charge in [0.15, 0.2) is 11.5 Å². The van der Waals surface area contributed by atoms with E-state index >= 15 is 0 Å². The molecule has 1 N–H and O–H groups in total. The maximum Gasteiger partial charge on any atom is 0.354 e. The highest BCUT2D eigenvalue weighted by Gasteiger charge is 2.18. The second kappa shape index (κ2) is 8.93. The fraction of sp³-hybridized carbons (Fsp3) is 0.238. The summed E-state index contributed by atoms with van der Waals surface area (Å²) in [5, 5.41) is 2.65. The highest BCUT2D eigenvalue weighted by atomic mass is 79.9. The van der Waals surface area contributed by atoms with E-state index in [1.165, 1.54) is 0 Å². The summed E-state index contributed by atoms with van der Waals surface area (Å²) in [4.78, 5) is 25.2. The molecule has 2 aromatic rings. The number of rotatable bonds is 6. The van der Waals surface area contributed by atoms with Gasteiger partial charge < -0.3 is 19.5 Å². The second-order valence-corrected chi connectivity index (χ2v) is 7.54. The van der Waals surface area contributed by atoms with Crippen molar-refractivity contribution in [3.8, 4) is 11.5 Å². The number of amides is 1. The van der Waals surface area contributed by atoms with Crippen LogP contribution >= 0.6 is 15.9 Å². The molecule has 1 amide bonds. The van der Waals surface area contributed by atoms with Crippen LogP contribution in [-0.4, -0.2) is 25.3 Å². The summed E-state index contributed by atoms with van der Waals surface area (Å²) in [6, 6.07) is 12.2. The van der Waals surface area contributed by atoms with Gasteiger partial charge >= 0.3 is 5.97 Å². The van der Waals surface area contributed by atoms with Crippen molar-refractivity contribution in [3.05, 3.63) is 63.8 Å². The Balaban J connectivity index is 1.86. The van der Waals surface area contributed by atoms with E-state index in [2.05, 4.69) is 21.2 Å². The molecule has 0 aromatic heterocycles. The maximum atomic E-state index is 12.6. The minimum absolute atomic E-state index is 0.0458. The summed E-state index contributed by atoms with van der Waals surface area (Å²) in [5.41, 5.74) is 1.14. The molecule has 1 aliphatic heterocycles. The summed E-state index contributed by atoms with van der Waals surface area (Å²) in [6.45, 7) is 4.29. The zero-order valence-corrected chi connectivity index (χ0v) is 17.1. The molecule has 0 aliphatic carbocycles. The SMILES string of the molecule is CC(C)COC(=O)C(=Cc1ccc2c(c1)OCO2)NC(=O)c1cccc(Br)c1. The number of carbonyl (C=O) groups excluding carboxylic acids is 2. The fourth-order valence-corrected chi connectivity index (χ4v) is 2.86. The number of hydrogen-bond donors (Lipinski definition) is 1. The third-order valence-corrected chi connectivity index (χ3v) is 4.30. The number of hydrogen-bond acceptors (Lipinski definition) is 5. The molecule has 7 heteroatoms. The van der Waals surface area contributed by atoms with Gasteiger partial charge in [-0.25, -0.2) is 4.79 Å². The number of ether oxygens (including phenoxy) is 3. The normalized spacial score (nSPS) is 12.8. The Morgan fingerprint density at radius 2 is 1.96 bits per heavy atom. The molecule has 28 heavy (non-hydrogen) atoms. The van der Waals surface area contributed by atoms with Crippen molar-refractivity contribution in [3.63, 3.8) is 0 Å². The molecular formula is C21H20BrNO5. The van der Waals surface area contributed by atoms with Crippen molar-refractivity contribution in [2.24, 2.45) is 5.92 Å². The zero-order chi connectivity index (χ0) is 20.1. The van der Waals surface area contributed by atoms with Crippen LogP contribution in [-0.2, 0) is 9.53 Å². The molecule has 1 heterocycles. The highest BCUT2D eigenvalue weighted by Crippen LogP contribution is 2.33. The third kappa shape index (κ3) is 5.13. The van der Waals surface area contributed by atoms with Crippen molar-refractivity contribution in [1.29, 1.82) is 0 Å². The average Bonchev–Trinajstić information content (AvgIpc) is 3.13. The highest BCUT2D eigenvalue weighted by molar-refractivity contribution is 9.10. The zero-order valence-electron chi connectivity index (χ0n) is 15.5. The fourth-order valence-electron chi connectivity index (χ4n) is 2.46. The molecule has 146 valence electrons. The first-order valence-corrected chi connectivity index (χ1v) is 9.57. The Bertz CT molecular complexity index is 923. The lowest BCUT2D eigenvalue weighted by Gasteiger charge is -2.12. The smallest absolute Gasteiger partial charge is 0.354 e. The predicted octanol–water partition coefficient (Wildman–Crippen LogP) is 4.15. The van der Waals surface area contributed by atoms with Crippen molar-refractivity contribution < 1.29 is 23.8 Å². The number of carbonyl (C=O) groups is 2. The lowest BCUT2D eigenvalue weighted by atomic mass is 10.1. The first kappa shape index (κ1) is 19.9. The molecule has 3 rings (SSSR count). The Kier molecular flexibility index (Phi) is 6.36. The van der Waals surface area contributed by atoms with Gasteiger partial charge in [-0.05, 0) is 47.9 Å². The van der Waals surface area contributed by atoms with Gasteiger partial charge in [0, 0.05) is 10.0 Å². The maximum absolute atomic E-state index is 12.6. The van der Waals surface area contributed by atoms with Crippen molar-refractivity contribution in [1.82, 2.24) is 5.32 Å². The molecule has 2 aromatic carbocycles. The second-order valence-electron chi connectivity index (χ2n) is 6.63. The van der Waals surface area contributed by atoms with E-state index < -0.39 is 11.9 Å². The number of nitrogens with one attached hydrogen (secondary N) is 1. The largest absolute Gasteiger partial charge is 0.461 e. The molecule has 0 spiro atoms. The third-order valence-electron chi connectivity index (χ3n) is 3.81. The summed E-state index contributed by atoms with van der Waals surface area (Å²) < 4.78 is 16.7. The van der Waals surface area contributed by atoms with E-state index in [1.54, 1.807) is 42.5 Å². The minimum Gasteiger partial charge on any atom is -0.461 e. The summed E-state index contributed by atoms with van der Waals surface area (Å²) in [6.07, 6.45) is 1.56. The van der Waals surface area contributed by atoms with Crippen LogP contribution in [0.3, 0.4) is 0 Å². The molecule has 0 saturated carbocycles. The van der Waals surface area contributed by atoms with E-state index in [1.807, 2.05) is 19.9 Å². The van der Waals surface area contributed by atoms with Crippen LogP contribution in [0.2, 0.25) is 0 Å². The number of fused-ring (bicyclic) bond motifs is 1. The molecule has 6 nitrogen and oxygen atoms in total. The summed E-state index contributed by atoms with van der Waals surface area (Å²) in [7, 11) is 0. The summed E-state index contributed by atoms with van der Waals surface area (Å²) >= 11 is 3.34. The Morgan fingerprint density at radius 3 is 2.71 bits per heavy atom. The quantitative estimate of drug-likeness (QED) is 0.533. The number of halogens is 1. The lowest BCUT2D eigenvalue weighted by Crippen LogP contribution is -2.29. The molecule has 0 fully saturated rings. The topological polar surface area (TPSA) is 73.9 Å². The first-order chi connectivity index (χ1) is 13.4. The van der Waals surface area contributed by atoms with Gasteiger partial charge in [-0.3, -0.25) is 4.79 Å². The van der Waals surface area contributed by atoms with E-state index in [9.17, 15) is 9.59 Å². The van der Waals surface area contributed by atoms with E-state index in [0.29, 0.717) is 22.6 Å². The monoisotopic (exact) mass is 445 g/mol. The van der Waals surface area contributed by atoms with Gasteiger partial charge in [0.1, 0.15) is 5.70 Å². The number of benzene rings is 2. The van der Waals surface area contributed by atoms with E-state index in [4.69, 9.17) is 14.2 Å². The summed E-state index contributed by atoms with van der Waals surface area (Å²) in [5.74, 6) is 0.391. The Morgan fingerprint density at radius 1 is 1.18 bits per heavy atom. The Hall–Kier alpha value is -2.80. The van der Waals surface area contributed by atoms with Gasteiger partial charge in [-0.1, -0.05) is 41.9 Å². The molecule has 0 saturated heterocycles. The van der Waals surface area contributed by atoms with Crippen LogP contribution in [0, 0.1) is 5.92 Å². The Labute approximate surface area is 171 Å². The van der Waals surface area contributed by atoms with Crippen LogP contribution in [0.5, 0.6) is 11.5 Å². The number of esters is 1. The van der Waals surface area contributed by atoms with Crippen molar-refractivity contribution in [2.45, 2.75) is 13.8 Å². The van der Waals surface area contributed by atoms with Gasteiger partial charge in [-0.15, -0.1) is 0 Å². The molecule has 0 bridgehead atoms. The van der Waals surface area contributed by atoms with Crippen LogP contribution < -0.4 is 14.8 Å². The van der Waals surface area contributed by atoms with Crippen molar-refractivity contribution in [2.75, 3.05) is 13.4 Å². The molecular weight excluding hydrogens is 426 g/mol. The van der Waals surface area contributed by atoms with Gasteiger partial charge in [0.2, 0.25) is 6.79 Å². The van der Waals surface area contributed by atoms with Crippen molar-refractivity contribution >= 4 is 33.9 Å². The lowest BCUT2D eigenvalue weighted by molar-refractivity contribution is -0.140. The van der Waals surface area contributed by atoms with Gasteiger partial charge in [0.05, 0.1) is 6.61 Å². The van der Waals surface area contributed by atoms with E-state index in [-0.39, 0.29) is 25.0 Å². The predicted molar refractivity (Wildman–Crippen MR) is 108 cm³/mol. The molecule has 0 atom stereocenters. The molecule has 1 aliphatic rings. The minimum atomic E-state index is -0.602.